The first-order valence-corrected chi connectivity index (χ1v) is 4.84. The summed E-state index contributed by atoms with van der Waals surface area (Å²) < 4.78 is 4.93. The maximum Gasteiger partial charge on any atom is 0.257 e. The van der Waals surface area contributed by atoms with Crippen molar-refractivity contribution in [1.29, 1.82) is 0 Å². The Morgan fingerprint density at radius 3 is 2.88 bits per heavy atom. The predicted molar refractivity (Wildman–Crippen MR) is 61.8 cm³/mol. The fourth-order valence-electron chi connectivity index (χ4n) is 1.34. The van der Waals surface area contributed by atoms with Crippen LogP contribution in [0.15, 0.2) is 30.9 Å². The molecule has 0 bridgehead atoms. The number of phenolic OH excluding ortho intramolecular Hbond substituents is 1. The van der Waals surface area contributed by atoms with Crippen LogP contribution in [0.25, 0.3) is 0 Å². The fourth-order valence-corrected chi connectivity index (χ4v) is 1.34. The van der Waals surface area contributed by atoms with E-state index in [1.54, 1.807) is 31.3 Å². The number of ether oxygens (including phenoxy) is 1. The van der Waals surface area contributed by atoms with Crippen LogP contribution in [0.5, 0.6) is 11.5 Å². The van der Waals surface area contributed by atoms with Crippen LogP contribution < -0.4 is 4.74 Å². The van der Waals surface area contributed by atoms with E-state index in [-0.39, 0.29) is 23.0 Å². The van der Waals surface area contributed by atoms with Crippen molar-refractivity contribution in [3.63, 3.8) is 0 Å². The zero-order valence-electron chi connectivity index (χ0n) is 9.43. The minimum absolute atomic E-state index is 0.133. The molecule has 4 heteroatoms. The Bertz CT molecular complexity index is 401. The highest BCUT2D eigenvalue weighted by atomic mass is 16.5. The zero-order chi connectivity index (χ0) is 12.1. The van der Waals surface area contributed by atoms with E-state index in [1.165, 1.54) is 12.0 Å². The van der Waals surface area contributed by atoms with Crippen LogP contribution in [0.1, 0.15) is 10.4 Å². The van der Waals surface area contributed by atoms with Crippen molar-refractivity contribution in [2.45, 2.75) is 0 Å². The van der Waals surface area contributed by atoms with Crippen molar-refractivity contribution < 1.29 is 14.6 Å². The van der Waals surface area contributed by atoms with Crippen molar-refractivity contribution in [3.8, 4) is 11.5 Å². The Morgan fingerprint density at radius 1 is 1.62 bits per heavy atom. The van der Waals surface area contributed by atoms with Gasteiger partial charge in [-0.1, -0.05) is 12.1 Å². The van der Waals surface area contributed by atoms with E-state index in [9.17, 15) is 9.90 Å². The summed E-state index contributed by atoms with van der Waals surface area (Å²) in [7, 11) is 3.08. The monoisotopic (exact) mass is 221 g/mol. The largest absolute Gasteiger partial charge is 0.504 e. The number of amides is 1. The molecular weight excluding hydrogens is 206 g/mol. The first kappa shape index (κ1) is 12.1. The molecule has 0 aliphatic rings. The Balaban J connectivity index is 3.04. The van der Waals surface area contributed by atoms with Crippen LogP contribution in [-0.4, -0.2) is 36.6 Å². The van der Waals surface area contributed by atoms with Crippen LogP contribution in [0.2, 0.25) is 0 Å². The number of hydrogen-bond donors (Lipinski definition) is 1. The van der Waals surface area contributed by atoms with Crippen LogP contribution in [-0.2, 0) is 0 Å². The molecule has 4 nitrogen and oxygen atoms in total. The van der Waals surface area contributed by atoms with Gasteiger partial charge < -0.3 is 14.7 Å². The van der Waals surface area contributed by atoms with Crippen molar-refractivity contribution >= 4 is 5.91 Å². The fraction of sp³-hybridized carbons (Fsp3) is 0.250. The number of aromatic hydroxyl groups is 1. The average molecular weight is 221 g/mol. The molecule has 0 aliphatic carbocycles. The number of carbonyl (C=O) groups is 1. The molecule has 0 heterocycles. The molecule has 1 aromatic rings. The second-order valence-corrected chi connectivity index (χ2v) is 3.33. The molecule has 0 saturated carbocycles. The number of likely N-dealkylation sites (N-methyl/N-ethyl adjacent to an activating group) is 1. The number of phenols is 1. The summed E-state index contributed by atoms with van der Waals surface area (Å²) in [6.07, 6.45) is 1.62. The van der Waals surface area contributed by atoms with E-state index in [0.717, 1.165) is 0 Å². The summed E-state index contributed by atoms with van der Waals surface area (Å²) in [4.78, 5) is 13.3. The molecule has 1 aromatic carbocycles. The predicted octanol–water partition coefficient (Wildman–Crippen LogP) is 1.66. The van der Waals surface area contributed by atoms with E-state index < -0.39 is 0 Å². The second kappa shape index (κ2) is 5.21. The number of benzene rings is 1. The molecule has 86 valence electrons. The van der Waals surface area contributed by atoms with Gasteiger partial charge in [0, 0.05) is 13.6 Å². The second-order valence-electron chi connectivity index (χ2n) is 3.33. The van der Waals surface area contributed by atoms with Crippen molar-refractivity contribution in [1.82, 2.24) is 4.90 Å². The lowest BCUT2D eigenvalue weighted by molar-refractivity contribution is 0.0806. The number of hydrogen-bond acceptors (Lipinski definition) is 3. The molecule has 0 radical (unpaired) electrons. The molecule has 0 aromatic heterocycles. The third-order valence-corrected chi connectivity index (χ3v) is 2.20. The Kier molecular flexibility index (Phi) is 3.94. The van der Waals surface area contributed by atoms with E-state index >= 15 is 0 Å². The lowest BCUT2D eigenvalue weighted by Gasteiger charge is -2.16. The summed E-state index contributed by atoms with van der Waals surface area (Å²) in [5.74, 6) is -0.111. The van der Waals surface area contributed by atoms with Gasteiger partial charge in [0.05, 0.1) is 12.7 Å². The maximum absolute atomic E-state index is 11.9. The summed E-state index contributed by atoms with van der Waals surface area (Å²) >= 11 is 0. The summed E-state index contributed by atoms with van der Waals surface area (Å²) in [5, 5.41) is 9.78. The van der Waals surface area contributed by atoms with Gasteiger partial charge in [-0.05, 0) is 12.1 Å². The van der Waals surface area contributed by atoms with Gasteiger partial charge in [-0.15, -0.1) is 6.58 Å². The van der Waals surface area contributed by atoms with Crippen LogP contribution in [0, 0.1) is 0 Å². The van der Waals surface area contributed by atoms with Gasteiger partial charge in [-0.3, -0.25) is 4.79 Å². The van der Waals surface area contributed by atoms with Crippen molar-refractivity contribution in [2.24, 2.45) is 0 Å². The highest BCUT2D eigenvalue weighted by Crippen LogP contribution is 2.29. The highest BCUT2D eigenvalue weighted by Gasteiger charge is 2.17. The molecule has 1 amide bonds. The lowest BCUT2D eigenvalue weighted by Crippen LogP contribution is -2.26. The van der Waals surface area contributed by atoms with E-state index in [0.29, 0.717) is 6.54 Å². The van der Waals surface area contributed by atoms with Crippen LogP contribution in [0.3, 0.4) is 0 Å². The topological polar surface area (TPSA) is 49.8 Å². The van der Waals surface area contributed by atoms with Gasteiger partial charge in [0.1, 0.15) is 0 Å². The molecule has 0 unspecified atom stereocenters. The third kappa shape index (κ3) is 2.34. The minimum Gasteiger partial charge on any atom is -0.504 e. The molecule has 0 atom stereocenters. The lowest BCUT2D eigenvalue weighted by atomic mass is 10.1. The van der Waals surface area contributed by atoms with Gasteiger partial charge in [0.2, 0.25) is 0 Å². The summed E-state index contributed by atoms with van der Waals surface area (Å²) in [6.45, 7) is 3.98. The molecular formula is C12H15NO3. The molecule has 1 rings (SSSR count). The average Bonchev–Trinajstić information content (AvgIpc) is 2.29. The van der Waals surface area contributed by atoms with Gasteiger partial charge in [-0.2, -0.15) is 0 Å². The molecule has 0 saturated heterocycles. The first-order valence-electron chi connectivity index (χ1n) is 4.84. The van der Waals surface area contributed by atoms with Gasteiger partial charge >= 0.3 is 0 Å². The Morgan fingerprint density at radius 2 is 2.31 bits per heavy atom. The molecule has 0 aliphatic heterocycles. The molecule has 16 heavy (non-hydrogen) atoms. The van der Waals surface area contributed by atoms with Gasteiger partial charge in [0.15, 0.2) is 11.5 Å². The van der Waals surface area contributed by atoms with Crippen LogP contribution >= 0.6 is 0 Å². The van der Waals surface area contributed by atoms with E-state index in [1.807, 2.05) is 0 Å². The van der Waals surface area contributed by atoms with E-state index in [2.05, 4.69) is 6.58 Å². The normalized spacial score (nSPS) is 9.62. The van der Waals surface area contributed by atoms with Gasteiger partial charge in [-0.25, -0.2) is 0 Å². The number of methoxy groups -OCH3 is 1. The third-order valence-electron chi connectivity index (χ3n) is 2.20. The number of nitrogens with zero attached hydrogens (tertiary/aromatic N) is 1. The minimum atomic E-state index is -0.267. The maximum atomic E-state index is 11.9. The van der Waals surface area contributed by atoms with Gasteiger partial charge in [0.25, 0.3) is 5.91 Å². The standard InChI is InChI=1S/C12H15NO3/c1-4-8-13(2)12(15)9-6-5-7-10(16-3)11(9)14/h4-7,14H,1,8H2,2-3H3. The quantitative estimate of drug-likeness (QED) is 0.787. The number of carbonyl (C=O) groups excluding carboxylic acids is 1. The van der Waals surface area contributed by atoms with Crippen molar-refractivity contribution in [3.05, 3.63) is 36.4 Å². The molecule has 1 N–H and O–H groups in total. The summed E-state index contributed by atoms with van der Waals surface area (Å²) in [6, 6.07) is 4.81. The smallest absolute Gasteiger partial charge is 0.257 e. The first-order chi connectivity index (χ1) is 7.61. The van der Waals surface area contributed by atoms with E-state index in [4.69, 9.17) is 4.74 Å². The number of rotatable bonds is 4. The molecule has 0 fully saturated rings. The zero-order valence-corrected chi connectivity index (χ0v) is 9.43. The highest BCUT2D eigenvalue weighted by molar-refractivity contribution is 5.97. The Labute approximate surface area is 94.8 Å². The summed E-state index contributed by atoms with van der Waals surface area (Å²) in [5.41, 5.74) is 0.226. The Hall–Kier alpha value is -1.97. The van der Waals surface area contributed by atoms with Crippen molar-refractivity contribution in [2.75, 3.05) is 20.7 Å². The van der Waals surface area contributed by atoms with Crippen LogP contribution in [0.4, 0.5) is 0 Å². The molecule has 0 spiro atoms. The SMILES string of the molecule is C=CCN(C)C(=O)c1cccc(OC)c1O. The number of para-hydroxylation sites is 1.